The van der Waals surface area contributed by atoms with Crippen LogP contribution >= 0.6 is 22.6 Å². The Bertz CT molecular complexity index is 822. The van der Waals surface area contributed by atoms with Crippen LogP contribution in [0.15, 0.2) is 30.3 Å². The normalized spacial score (nSPS) is 14.5. The second-order valence-corrected chi connectivity index (χ2v) is 7.24. The fraction of sp³-hybridized carbons (Fsp3) is 0.278. The molecular weight excluding hydrogens is 444 g/mol. The molecule has 0 bridgehead atoms. The lowest BCUT2D eigenvalue weighted by molar-refractivity contribution is 0.0575. The fourth-order valence-corrected chi connectivity index (χ4v) is 3.27. The van der Waals surface area contributed by atoms with Gasteiger partial charge in [-0.1, -0.05) is 6.07 Å². The summed E-state index contributed by atoms with van der Waals surface area (Å²) >= 11 is 1.97. The van der Waals surface area contributed by atoms with Crippen LogP contribution in [0.25, 0.3) is 0 Å². The highest BCUT2D eigenvalue weighted by atomic mass is 127. The van der Waals surface area contributed by atoms with Crippen molar-refractivity contribution in [3.63, 3.8) is 0 Å². The Labute approximate surface area is 157 Å². The summed E-state index contributed by atoms with van der Waals surface area (Å²) in [5, 5.41) is 3.05. The van der Waals surface area contributed by atoms with Crippen LogP contribution in [0, 0.1) is 21.0 Å². The lowest BCUT2D eigenvalue weighted by Crippen LogP contribution is -2.59. The minimum Gasteiger partial charge on any atom is -0.335 e. The van der Waals surface area contributed by atoms with Gasteiger partial charge in [0.05, 0.1) is 0 Å². The largest absolute Gasteiger partial charge is 0.335 e. The van der Waals surface area contributed by atoms with Crippen molar-refractivity contribution >= 4 is 28.5 Å². The third kappa shape index (κ3) is 3.67. The molecule has 1 N–H and O–H groups in total. The molecule has 3 nitrogen and oxygen atoms in total. The molecule has 1 heterocycles. The third-order valence-electron chi connectivity index (χ3n) is 4.39. The molecule has 1 aliphatic rings. The number of likely N-dealkylation sites (N-methyl/N-ethyl adjacent to an activating group) is 1. The molecule has 1 amide bonds. The zero-order valence-corrected chi connectivity index (χ0v) is 15.6. The lowest BCUT2D eigenvalue weighted by Gasteiger charge is -2.39. The Morgan fingerprint density at radius 1 is 1.20 bits per heavy atom. The van der Waals surface area contributed by atoms with Gasteiger partial charge in [0.1, 0.15) is 5.82 Å². The number of benzene rings is 2. The SMILES string of the molecule is CNC1CN(C(=O)c2ccc(F)c(F)c2Cc2ccc(I)cc2F)C1. The van der Waals surface area contributed by atoms with Crippen molar-refractivity contribution in [1.29, 1.82) is 0 Å². The van der Waals surface area contributed by atoms with E-state index in [2.05, 4.69) is 5.32 Å². The van der Waals surface area contributed by atoms with E-state index in [1.165, 1.54) is 18.2 Å². The first-order valence-corrected chi connectivity index (χ1v) is 8.86. The molecular formula is C18H16F3IN2O. The summed E-state index contributed by atoms with van der Waals surface area (Å²) in [6.07, 6.45) is -0.184. The minimum absolute atomic E-state index is 0.0754. The predicted octanol–water partition coefficient (Wildman–Crippen LogP) is 3.34. The number of likely N-dealkylation sites (tertiary alicyclic amines) is 1. The molecule has 2 aromatic rings. The Morgan fingerprint density at radius 3 is 2.56 bits per heavy atom. The van der Waals surface area contributed by atoms with Crippen LogP contribution in [0.2, 0.25) is 0 Å². The summed E-state index contributed by atoms with van der Waals surface area (Å²) in [6, 6.07) is 6.94. The van der Waals surface area contributed by atoms with Gasteiger partial charge >= 0.3 is 0 Å². The third-order valence-corrected chi connectivity index (χ3v) is 5.06. The summed E-state index contributed by atoms with van der Waals surface area (Å²) in [7, 11) is 1.80. The van der Waals surface area contributed by atoms with Crippen molar-refractivity contribution in [1.82, 2.24) is 10.2 Å². The van der Waals surface area contributed by atoms with Gasteiger partial charge in [0.15, 0.2) is 11.6 Å². The van der Waals surface area contributed by atoms with E-state index in [9.17, 15) is 18.0 Å². The molecule has 1 saturated heterocycles. The zero-order chi connectivity index (χ0) is 18.1. The van der Waals surface area contributed by atoms with E-state index < -0.39 is 17.5 Å². The predicted molar refractivity (Wildman–Crippen MR) is 97.0 cm³/mol. The molecule has 2 aromatic carbocycles. The number of rotatable bonds is 4. The van der Waals surface area contributed by atoms with Crippen molar-refractivity contribution in [2.75, 3.05) is 20.1 Å². The van der Waals surface area contributed by atoms with E-state index in [1.807, 2.05) is 22.6 Å². The second-order valence-electron chi connectivity index (χ2n) is 6.00. The first-order valence-electron chi connectivity index (χ1n) is 7.78. The number of hydrogen-bond acceptors (Lipinski definition) is 2. The summed E-state index contributed by atoms with van der Waals surface area (Å²) < 4.78 is 42.9. The van der Waals surface area contributed by atoms with Crippen molar-refractivity contribution in [2.45, 2.75) is 12.5 Å². The molecule has 7 heteroatoms. The molecule has 0 aromatic heterocycles. The quantitative estimate of drug-likeness (QED) is 0.711. The number of halogens is 4. The van der Waals surface area contributed by atoms with Gasteiger partial charge in [-0.2, -0.15) is 0 Å². The van der Waals surface area contributed by atoms with E-state index in [0.717, 1.165) is 6.07 Å². The van der Waals surface area contributed by atoms with E-state index >= 15 is 0 Å². The van der Waals surface area contributed by atoms with Crippen LogP contribution in [0.1, 0.15) is 21.5 Å². The Balaban J connectivity index is 1.94. The first kappa shape index (κ1) is 18.2. The van der Waals surface area contributed by atoms with Crippen LogP contribution in [-0.4, -0.2) is 37.0 Å². The van der Waals surface area contributed by atoms with Gasteiger partial charge in [-0.25, -0.2) is 13.2 Å². The Morgan fingerprint density at radius 2 is 1.92 bits per heavy atom. The molecule has 0 unspecified atom stereocenters. The summed E-state index contributed by atoms with van der Waals surface area (Å²) in [4.78, 5) is 14.2. The van der Waals surface area contributed by atoms with Crippen LogP contribution < -0.4 is 5.32 Å². The second kappa shape index (κ2) is 7.33. The molecule has 0 radical (unpaired) electrons. The number of carbonyl (C=O) groups excluding carboxylic acids is 1. The molecule has 132 valence electrons. The molecule has 0 atom stereocenters. The smallest absolute Gasteiger partial charge is 0.254 e. The van der Waals surface area contributed by atoms with Crippen molar-refractivity contribution < 1.29 is 18.0 Å². The summed E-state index contributed by atoms with van der Waals surface area (Å²) in [5.41, 5.74) is 0.181. The zero-order valence-electron chi connectivity index (χ0n) is 13.5. The van der Waals surface area contributed by atoms with E-state index in [-0.39, 0.29) is 35.1 Å². The molecule has 0 spiro atoms. The van der Waals surface area contributed by atoms with E-state index in [0.29, 0.717) is 16.7 Å². The average molecular weight is 460 g/mol. The monoisotopic (exact) mass is 460 g/mol. The lowest BCUT2D eigenvalue weighted by atomic mass is 9.96. The molecule has 1 fully saturated rings. The standard InChI is InChI=1S/C18H16F3IN2O/c1-23-12-8-24(9-12)18(25)13-4-5-15(19)17(21)14(13)6-10-2-3-11(22)7-16(10)20/h2-5,7,12,23H,6,8-9H2,1H3. The van der Waals surface area contributed by atoms with Gasteiger partial charge in [0.2, 0.25) is 0 Å². The highest BCUT2D eigenvalue weighted by Crippen LogP contribution is 2.25. The van der Waals surface area contributed by atoms with E-state index in [1.54, 1.807) is 18.0 Å². The van der Waals surface area contributed by atoms with Gasteiger partial charge in [-0.05, 0) is 59.5 Å². The molecule has 25 heavy (non-hydrogen) atoms. The highest BCUT2D eigenvalue weighted by molar-refractivity contribution is 14.1. The maximum Gasteiger partial charge on any atom is 0.254 e. The van der Waals surface area contributed by atoms with Crippen LogP contribution in [0.4, 0.5) is 13.2 Å². The maximum absolute atomic E-state index is 14.4. The average Bonchev–Trinajstić information content (AvgIpc) is 2.53. The topological polar surface area (TPSA) is 32.3 Å². The van der Waals surface area contributed by atoms with Gasteiger partial charge in [-0.15, -0.1) is 0 Å². The van der Waals surface area contributed by atoms with Crippen LogP contribution in [0.5, 0.6) is 0 Å². The summed E-state index contributed by atoms with van der Waals surface area (Å²) in [6.45, 7) is 1.01. The van der Waals surface area contributed by atoms with Gasteiger partial charge in [-0.3, -0.25) is 4.79 Å². The number of carbonyl (C=O) groups is 1. The fourth-order valence-electron chi connectivity index (χ4n) is 2.82. The number of amides is 1. The van der Waals surface area contributed by atoms with Gasteiger partial charge < -0.3 is 10.2 Å². The number of hydrogen-bond donors (Lipinski definition) is 1. The number of nitrogens with one attached hydrogen (secondary N) is 1. The van der Waals surface area contributed by atoms with Crippen molar-refractivity contribution in [3.8, 4) is 0 Å². The highest BCUT2D eigenvalue weighted by Gasteiger charge is 2.32. The molecule has 1 aliphatic heterocycles. The van der Waals surface area contributed by atoms with Crippen LogP contribution in [0.3, 0.4) is 0 Å². The Kier molecular flexibility index (Phi) is 5.33. The van der Waals surface area contributed by atoms with Gasteiger partial charge in [0, 0.05) is 40.2 Å². The molecule has 0 saturated carbocycles. The van der Waals surface area contributed by atoms with Crippen molar-refractivity contribution in [3.05, 3.63) is 68.0 Å². The maximum atomic E-state index is 14.4. The van der Waals surface area contributed by atoms with E-state index in [4.69, 9.17) is 0 Å². The van der Waals surface area contributed by atoms with Crippen molar-refractivity contribution in [2.24, 2.45) is 0 Å². The first-order chi connectivity index (χ1) is 11.9. The van der Waals surface area contributed by atoms with Gasteiger partial charge in [0.25, 0.3) is 5.91 Å². The molecule has 0 aliphatic carbocycles. The minimum atomic E-state index is -1.10. The summed E-state index contributed by atoms with van der Waals surface area (Å²) in [5.74, 6) is -3.02. The Hall–Kier alpha value is -1.61. The molecule has 3 rings (SSSR count). The number of nitrogens with zero attached hydrogens (tertiary/aromatic N) is 1. The van der Waals surface area contributed by atoms with Crippen LogP contribution in [-0.2, 0) is 6.42 Å².